The van der Waals surface area contributed by atoms with Crippen LogP contribution in [0.25, 0.3) is 0 Å². The van der Waals surface area contributed by atoms with E-state index in [2.05, 4.69) is 25.6 Å². The number of nitrogens with one attached hydrogen (secondary N) is 3. The van der Waals surface area contributed by atoms with Gasteiger partial charge in [-0.3, -0.25) is 4.98 Å². The first-order valence-electron chi connectivity index (χ1n) is 7.57. The van der Waals surface area contributed by atoms with Gasteiger partial charge in [0.2, 0.25) is 11.9 Å². The van der Waals surface area contributed by atoms with Crippen LogP contribution >= 0.6 is 0 Å². The summed E-state index contributed by atoms with van der Waals surface area (Å²) in [6.45, 7) is 0. The minimum atomic E-state index is -1.41. The third-order valence-electron chi connectivity index (χ3n) is 3.44. The number of para-hydroxylation sites is 2. The van der Waals surface area contributed by atoms with Crippen LogP contribution in [0, 0.1) is 0 Å². The van der Waals surface area contributed by atoms with Crippen molar-refractivity contribution >= 4 is 35.2 Å². The monoisotopic (exact) mass is 411 g/mol. The molecule has 0 unspecified atom stereocenters. The fourth-order valence-corrected chi connectivity index (χ4v) is 2.29. The average molecular weight is 411 g/mol. The number of carbonyl (C=O) groups excluding carboxylic acids is 2. The van der Waals surface area contributed by atoms with Crippen LogP contribution in [0.1, 0.15) is 20.7 Å². The van der Waals surface area contributed by atoms with Gasteiger partial charge in [-0.25, -0.2) is 4.79 Å². The maximum absolute atomic E-state index is 11.8. The fourth-order valence-electron chi connectivity index (χ4n) is 2.29. The second kappa shape index (κ2) is 11.1. The molecule has 0 atom stereocenters. The first kappa shape index (κ1) is 24.8. The van der Waals surface area contributed by atoms with Gasteiger partial charge < -0.3 is 30.4 Å². The van der Waals surface area contributed by atoms with E-state index in [1.807, 2.05) is 0 Å². The average Bonchev–Trinajstić information content (AvgIpc) is 2.61. The summed E-state index contributed by atoms with van der Waals surface area (Å²) in [4.78, 5) is 44.0. The van der Waals surface area contributed by atoms with E-state index in [-0.39, 0.29) is 93.5 Å². The van der Waals surface area contributed by atoms with Gasteiger partial charge in [-0.15, -0.1) is 0 Å². The van der Waals surface area contributed by atoms with Crippen LogP contribution in [0.2, 0.25) is 0 Å². The Morgan fingerprint density at radius 1 is 0.793 bits per heavy atom. The molecule has 10 nitrogen and oxygen atoms in total. The van der Waals surface area contributed by atoms with E-state index in [4.69, 9.17) is 0 Å². The molecule has 0 amide bonds. The number of hydrogen-bond acceptors (Lipinski definition) is 9. The quantitative estimate of drug-likeness (QED) is 0.335. The molecule has 0 radical (unpaired) electrons. The van der Waals surface area contributed by atoms with Crippen molar-refractivity contribution in [2.45, 2.75) is 0 Å². The van der Waals surface area contributed by atoms with E-state index < -0.39 is 17.6 Å². The predicted octanol–water partition coefficient (Wildman–Crippen LogP) is -6.61. The second-order valence-corrected chi connectivity index (χ2v) is 5.24. The van der Waals surface area contributed by atoms with E-state index in [9.17, 15) is 24.6 Å². The Balaban J connectivity index is 0.00000210. The zero-order chi connectivity index (χ0) is 19.4. The summed E-state index contributed by atoms with van der Waals surface area (Å²) in [7, 11) is 0. The Labute approximate surface area is 208 Å². The summed E-state index contributed by atoms with van der Waals surface area (Å²) in [6.07, 6.45) is 0. The Morgan fingerprint density at radius 2 is 1.28 bits per heavy atom. The van der Waals surface area contributed by atoms with Gasteiger partial charge in [0.05, 0.1) is 11.9 Å². The van der Waals surface area contributed by atoms with Crippen molar-refractivity contribution in [1.29, 1.82) is 0 Å². The number of aromatic amines is 1. The third-order valence-corrected chi connectivity index (χ3v) is 3.44. The number of carboxylic acids is 2. The molecule has 0 spiro atoms. The summed E-state index contributed by atoms with van der Waals surface area (Å²) >= 11 is 0. The van der Waals surface area contributed by atoms with Crippen molar-refractivity contribution in [2.24, 2.45) is 0 Å². The standard InChI is InChI=1S/C17H13N5O5.2Na/c23-13(24)9-5-1-3-7-11(9)18-15-20-16(22-17(27)21-15)19-12-8-4-2-6-10(12)14(25)26;;/h1-8H,(H,23,24)(H,25,26)(H3,18,19,20,21,22,27);;/q;2*+1/p-2. The summed E-state index contributed by atoms with van der Waals surface area (Å²) in [6, 6.07) is 11.8. The van der Waals surface area contributed by atoms with Crippen LogP contribution in [-0.2, 0) is 0 Å². The van der Waals surface area contributed by atoms with Crippen molar-refractivity contribution < 1.29 is 78.9 Å². The van der Waals surface area contributed by atoms with Crippen LogP contribution in [-0.4, -0.2) is 26.9 Å². The zero-order valence-electron chi connectivity index (χ0n) is 15.6. The summed E-state index contributed by atoms with van der Waals surface area (Å²) in [5, 5.41) is 27.6. The molecule has 0 aliphatic rings. The molecule has 0 bridgehead atoms. The zero-order valence-corrected chi connectivity index (χ0v) is 19.6. The first-order valence-corrected chi connectivity index (χ1v) is 7.57. The largest absolute Gasteiger partial charge is 1.00 e. The molecule has 3 N–H and O–H groups in total. The molecule has 29 heavy (non-hydrogen) atoms. The third kappa shape index (κ3) is 6.39. The van der Waals surface area contributed by atoms with Crippen LogP contribution in [0.15, 0.2) is 53.3 Å². The van der Waals surface area contributed by atoms with Gasteiger partial charge in [0, 0.05) is 22.5 Å². The van der Waals surface area contributed by atoms with Crippen LogP contribution in [0.4, 0.5) is 23.3 Å². The summed E-state index contributed by atoms with van der Waals surface area (Å²) in [5.41, 5.74) is -0.782. The number of H-pyrrole nitrogens is 1. The van der Waals surface area contributed by atoms with Crippen molar-refractivity contribution in [2.75, 3.05) is 10.6 Å². The smallest absolute Gasteiger partial charge is 0.545 e. The van der Waals surface area contributed by atoms with Gasteiger partial charge in [-0.1, -0.05) is 36.4 Å². The summed E-state index contributed by atoms with van der Waals surface area (Å²) in [5.74, 6) is -3.11. The Morgan fingerprint density at radius 3 is 1.79 bits per heavy atom. The van der Waals surface area contributed by atoms with Crippen molar-refractivity contribution in [1.82, 2.24) is 15.0 Å². The van der Waals surface area contributed by atoms with Crippen LogP contribution < -0.4 is 85.7 Å². The fraction of sp³-hybridized carbons (Fsp3) is 0. The molecule has 0 saturated heterocycles. The molecule has 2 aromatic carbocycles. The maximum atomic E-state index is 11.8. The maximum Gasteiger partial charge on any atom is 1.00 e. The van der Waals surface area contributed by atoms with Gasteiger partial charge in [0.25, 0.3) is 0 Å². The minimum absolute atomic E-state index is 0. The number of benzene rings is 2. The van der Waals surface area contributed by atoms with E-state index in [1.54, 1.807) is 12.1 Å². The van der Waals surface area contributed by atoms with Gasteiger partial charge >= 0.3 is 64.8 Å². The van der Waals surface area contributed by atoms with Gasteiger partial charge in [-0.2, -0.15) is 9.97 Å². The summed E-state index contributed by atoms with van der Waals surface area (Å²) < 4.78 is 0. The first-order chi connectivity index (χ1) is 12.9. The Bertz CT molecular complexity index is 1010. The molecule has 3 aromatic rings. The van der Waals surface area contributed by atoms with Crippen LogP contribution in [0.5, 0.6) is 0 Å². The number of aromatic nitrogens is 3. The number of carbonyl (C=O) groups is 2. The SMILES string of the molecule is O=C([O-])c1ccccc1Nc1nc(Nc2ccccc2C(=O)[O-])[nH]c(=O)n1.[Na+].[Na+]. The van der Waals surface area contributed by atoms with Crippen molar-refractivity contribution in [3.8, 4) is 0 Å². The number of nitrogens with zero attached hydrogens (tertiary/aromatic N) is 2. The molecule has 136 valence electrons. The molecular formula is C17H11N5Na2O5. The number of rotatable bonds is 6. The Kier molecular flexibility index (Phi) is 9.50. The number of anilines is 4. The number of hydrogen-bond donors (Lipinski definition) is 3. The van der Waals surface area contributed by atoms with Gasteiger partial charge in [0.1, 0.15) is 0 Å². The van der Waals surface area contributed by atoms with Crippen molar-refractivity contribution in [3.05, 3.63) is 70.1 Å². The second-order valence-electron chi connectivity index (χ2n) is 5.24. The van der Waals surface area contributed by atoms with Crippen molar-refractivity contribution in [3.63, 3.8) is 0 Å². The van der Waals surface area contributed by atoms with Gasteiger partial charge in [0.15, 0.2) is 0 Å². The number of carboxylic acid groups (broad SMARTS) is 2. The van der Waals surface area contributed by atoms with E-state index in [0.29, 0.717) is 0 Å². The van der Waals surface area contributed by atoms with Gasteiger partial charge in [-0.05, 0) is 12.1 Å². The normalized spacial score (nSPS) is 9.52. The predicted molar refractivity (Wildman–Crippen MR) is 90.8 cm³/mol. The molecule has 12 heteroatoms. The minimum Gasteiger partial charge on any atom is -0.545 e. The molecule has 1 aromatic heterocycles. The Hall–Kier alpha value is -2.21. The molecule has 0 fully saturated rings. The topological polar surface area (TPSA) is 163 Å². The molecule has 0 saturated carbocycles. The molecule has 0 aliphatic carbocycles. The molecule has 1 heterocycles. The van der Waals surface area contributed by atoms with E-state index in [1.165, 1.54) is 36.4 Å². The van der Waals surface area contributed by atoms with E-state index in [0.717, 1.165) is 0 Å². The molecule has 0 aliphatic heterocycles. The molecular weight excluding hydrogens is 400 g/mol. The van der Waals surface area contributed by atoms with Crippen LogP contribution in [0.3, 0.4) is 0 Å². The molecule has 3 rings (SSSR count). The number of aromatic carboxylic acids is 2. The van der Waals surface area contributed by atoms with E-state index >= 15 is 0 Å².